The number of carbonyl (C=O) groups is 2. The first kappa shape index (κ1) is 16.8. The summed E-state index contributed by atoms with van der Waals surface area (Å²) < 4.78 is 9.80. The summed E-state index contributed by atoms with van der Waals surface area (Å²) in [7, 11) is 1.72. The molecule has 106 valence electrons. The molecule has 0 fully saturated rings. The normalized spacial score (nSPS) is 10.1. The van der Waals surface area contributed by atoms with Gasteiger partial charge >= 0.3 is 11.9 Å². The van der Waals surface area contributed by atoms with E-state index in [0.29, 0.717) is 25.9 Å². The molecule has 5 N–H and O–H groups in total. The van der Waals surface area contributed by atoms with E-state index in [1.807, 2.05) is 0 Å². The molecule has 8 nitrogen and oxygen atoms in total. The zero-order chi connectivity index (χ0) is 13.6. The highest BCUT2D eigenvalue weighted by Crippen LogP contribution is 1.91. The number of hydrogen-bond acceptors (Lipinski definition) is 8. The maximum absolute atomic E-state index is 11.1. The van der Waals surface area contributed by atoms with Crippen molar-refractivity contribution in [2.75, 3.05) is 33.4 Å². The standard InChI is InChI=1S/C10H22N4O4/c1-12-14-6-4-10(16)18-8-2-7-17-9(15)3-5-13-11/h12-14H,2-8,11H2,1H3. The summed E-state index contributed by atoms with van der Waals surface area (Å²) in [5, 5.41) is 0. The van der Waals surface area contributed by atoms with Gasteiger partial charge < -0.3 is 9.47 Å². The van der Waals surface area contributed by atoms with E-state index in [1.165, 1.54) is 0 Å². The number of rotatable bonds is 11. The molecule has 0 aliphatic carbocycles. The number of nitrogens with two attached hydrogens (primary N) is 1. The highest BCUT2D eigenvalue weighted by Gasteiger charge is 2.03. The van der Waals surface area contributed by atoms with Crippen LogP contribution in [0.15, 0.2) is 0 Å². The Balaban J connectivity index is 3.28. The fourth-order valence-corrected chi connectivity index (χ4v) is 1.04. The molecule has 0 atom stereocenters. The molecule has 0 heterocycles. The molecule has 0 spiro atoms. The molecular formula is C10H22N4O4. The number of hydrogen-bond donors (Lipinski definition) is 4. The molecule has 18 heavy (non-hydrogen) atoms. The third-order valence-electron chi connectivity index (χ3n) is 1.92. The van der Waals surface area contributed by atoms with Crippen molar-refractivity contribution in [2.45, 2.75) is 19.3 Å². The Morgan fingerprint density at radius 3 is 2.11 bits per heavy atom. The molecule has 0 aliphatic heterocycles. The topological polar surface area (TPSA) is 115 Å². The van der Waals surface area contributed by atoms with Crippen molar-refractivity contribution in [3.05, 3.63) is 0 Å². The summed E-state index contributed by atoms with van der Waals surface area (Å²) in [5.41, 5.74) is 7.84. The third kappa shape index (κ3) is 11.3. The number of esters is 2. The second-order valence-corrected chi connectivity index (χ2v) is 3.43. The van der Waals surface area contributed by atoms with Crippen LogP contribution in [0.1, 0.15) is 19.3 Å². The number of carbonyl (C=O) groups excluding carboxylic acids is 2. The van der Waals surface area contributed by atoms with Crippen molar-refractivity contribution in [1.82, 2.24) is 16.3 Å². The van der Waals surface area contributed by atoms with Crippen LogP contribution < -0.4 is 22.1 Å². The Kier molecular flexibility index (Phi) is 11.4. The molecule has 8 heteroatoms. The van der Waals surface area contributed by atoms with Crippen molar-refractivity contribution in [3.63, 3.8) is 0 Å². The Hall–Kier alpha value is -1.22. The maximum Gasteiger partial charge on any atom is 0.307 e. The van der Waals surface area contributed by atoms with E-state index in [0.717, 1.165) is 0 Å². The summed E-state index contributed by atoms with van der Waals surface area (Å²) in [5.74, 6) is 4.41. The van der Waals surface area contributed by atoms with E-state index < -0.39 is 0 Å². The van der Waals surface area contributed by atoms with Crippen LogP contribution in [0.25, 0.3) is 0 Å². The van der Waals surface area contributed by atoms with E-state index in [-0.39, 0.29) is 31.6 Å². The summed E-state index contributed by atoms with van der Waals surface area (Å²) in [6.45, 7) is 1.38. The largest absolute Gasteiger partial charge is 0.466 e. The van der Waals surface area contributed by atoms with Crippen molar-refractivity contribution in [2.24, 2.45) is 5.84 Å². The first-order valence-electron chi connectivity index (χ1n) is 5.85. The zero-order valence-corrected chi connectivity index (χ0v) is 10.7. The van der Waals surface area contributed by atoms with Gasteiger partial charge in [-0.3, -0.25) is 31.7 Å². The molecule has 0 saturated heterocycles. The first-order valence-corrected chi connectivity index (χ1v) is 5.85. The Labute approximate surface area is 107 Å². The summed E-state index contributed by atoms with van der Waals surface area (Å²) in [6.07, 6.45) is 1.02. The maximum atomic E-state index is 11.1. The van der Waals surface area contributed by atoms with Crippen molar-refractivity contribution in [3.8, 4) is 0 Å². The van der Waals surface area contributed by atoms with Crippen LogP contribution in [0.3, 0.4) is 0 Å². The van der Waals surface area contributed by atoms with Gasteiger partial charge in [-0.1, -0.05) is 0 Å². The van der Waals surface area contributed by atoms with E-state index in [2.05, 4.69) is 16.3 Å². The fraction of sp³-hybridized carbons (Fsp3) is 0.800. The Morgan fingerprint density at radius 1 is 1.06 bits per heavy atom. The highest BCUT2D eigenvalue weighted by atomic mass is 16.5. The van der Waals surface area contributed by atoms with Crippen LogP contribution in [0.4, 0.5) is 0 Å². The summed E-state index contributed by atoms with van der Waals surface area (Å²) in [6, 6.07) is 0. The molecule has 0 unspecified atom stereocenters. The number of hydrazine groups is 2. The molecular weight excluding hydrogens is 240 g/mol. The van der Waals surface area contributed by atoms with Gasteiger partial charge in [0.2, 0.25) is 0 Å². The Morgan fingerprint density at radius 2 is 1.61 bits per heavy atom. The van der Waals surface area contributed by atoms with Gasteiger partial charge in [-0.25, -0.2) is 0 Å². The minimum Gasteiger partial charge on any atom is -0.466 e. The van der Waals surface area contributed by atoms with Gasteiger partial charge in [-0.2, -0.15) is 0 Å². The van der Waals surface area contributed by atoms with Gasteiger partial charge in [0.15, 0.2) is 0 Å². The van der Waals surface area contributed by atoms with E-state index >= 15 is 0 Å². The van der Waals surface area contributed by atoms with Crippen LogP contribution in [0.2, 0.25) is 0 Å². The van der Waals surface area contributed by atoms with Gasteiger partial charge in [0.1, 0.15) is 0 Å². The molecule has 0 aromatic rings. The minimum absolute atomic E-state index is 0.228. The smallest absolute Gasteiger partial charge is 0.307 e. The summed E-state index contributed by atoms with van der Waals surface area (Å²) in [4.78, 5) is 22.2. The van der Waals surface area contributed by atoms with E-state index in [9.17, 15) is 9.59 Å². The summed E-state index contributed by atoms with van der Waals surface area (Å²) >= 11 is 0. The minimum atomic E-state index is -0.322. The van der Waals surface area contributed by atoms with Crippen molar-refractivity contribution in [1.29, 1.82) is 0 Å². The molecule has 0 radical (unpaired) electrons. The van der Waals surface area contributed by atoms with Crippen molar-refractivity contribution < 1.29 is 19.1 Å². The average Bonchev–Trinajstić information content (AvgIpc) is 2.36. The molecule has 0 aliphatic rings. The van der Waals surface area contributed by atoms with Crippen LogP contribution in [0, 0.1) is 0 Å². The average molecular weight is 262 g/mol. The molecule has 0 rings (SSSR count). The lowest BCUT2D eigenvalue weighted by atomic mass is 10.4. The van der Waals surface area contributed by atoms with Crippen LogP contribution in [-0.2, 0) is 19.1 Å². The predicted molar refractivity (Wildman–Crippen MR) is 65.0 cm³/mol. The lowest BCUT2D eigenvalue weighted by Crippen LogP contribution is -2.30. The van der Waals surface area contributed by atoms with E-state index in [4.69, 9.17) is 15.3 Å². The second kappa shape index (κ2) is 12.2. The first-order chi connectivity index (χ1) is 8.70. The lowest BCUT2D eigenvalue weighted by molar-refractivity contribution is -0.146. The van der Waals surface area contributed by atoms with Gasteiger partial charge in [-0.15, -0.1) is 0 Å². The quantitative estimate of drug-likeness (QED) is 0.153. The molecule has 0 amide bonds. The van der Waals surface area contributed by atoms with Crippen molar-refractivity contribution >= 4 is 11.9 Å². The van der Waals surface area contributed by atoms with Crippen LogP contribution in [0.5, 0.6) is 0 Å². The molecule has 0 aromatic carbocycles. The van der Waals surface area contributed by atoms with Gasteiger partial charge in [0, 0.05) is 19.5 Å². The predicted octanol–water partition coefficient (Wildman–Crippen LogP) is -1.57. The molecule has 0 saturated carbocycles. The monoisotopic (exact) mass is 262 g/mol. The van der Waals surface area contributed by atoms with E-state index in [1.54, 1.807) is 7.05 Å². The van der Waals surface area contributed by atoms with Gasteiger partial charge in [-0.05, 0) is 7.05 Å². The number of nitrogens with one attached hydrogen (secondary N) is 3. The molecule has 0 aromatic heterocycles. The van der Waals surface area contributed by atoms with Gasteiger partial charge in [0.05, 0.1) is 26.1 Å². The fourth-order valence-electron chi connectivity index (χ4n) is 1.04. The van der Waals surface area contributed by atoms with Crippen LogP contribution >= 0.6 is 0 Å². The number of ether oxygens (including phenoxy) is 2. The third-order valence-corrected chi connectivity index (χ3v) is 1.92. The van der Waals surface area contributed by atoms with Gasteiger partial charge in [0.25, 0.3) is 0 Å². The zero-order valence-electron chi connectivity index (χ0n) is 10.7. The SMILES string of the molecule is CNNCCC(=O)OCCCOC(=O)CCNN. The second-order valence-electron chi connectivity index (χ2n) is 3.43. The highest BCUT2D eigenvalue weighted by molar-refractivity contribution is 5.70. The lowest BCUT2D eigenvalue weighted by Gasteiger charge is -2.06. The van der Waals surface area contributed by atoms with Crippen LogP contribution in [-0.4, -0.2) is 45.3 Å². The molecule has 0 bridgehead atoms. The Bertz CT molecular complexity index is 238.